The molecule has 0 bridgehead atoms. The maximum atomic E-state index is 14.7. The molecule has 0 N–H and O–H groups in total. The Bertz CT molecular complexity index is 914. The minimum Gasteiger partial charge on any atom is -0.242 e. The van der Waals surface area contributed by atoms with E-state index in [1.807, 2.05) is 0 Å². The van der Waals surface area contributed by atoms with Crippen molar-refractivity contribution < 1.29 is 22.0 Å². The summed E-state index contributed by atoms with van der Waals surface area (Å²) in [7, 11) is 0. The molecule has 0 fully saturated rings. The number of alkyl halides is 4. The number of nitrogens with zero attached hydrogens (tertiary/aromatic N) is 1. The van der Waals surface area contributed by atoms with Gasteiger partial charge in [-0.2, -0.15) is 5.26 Å². The first-order valence-corrected chi connectivity index (χ1v) is 7.34. The standard InChI is InChI=1S/C18H10F5N/c19-13-2-9(8-24)1-10(4-13)11-3-12-6-18(22,23)17(21)7-15(20)14(5-11)16(12)17/h1-5,15H,6-7H2/t15-,17+/m1/s1. The lowest BCUT2D eigenvalue weighted by Gasteiger charge is -2.23. The summed E-state index contributed by atoms with van der Waals surface area (Å²) in [5, 5.41) is 8.91. The zero-order valence-corrected chi connectivity index (χ0v) is 12.2. The van der Waals surface area contributed by atoms with Crippen molar-refractivity contribution in [1.29, 1.82) is 5.26 Å². The number of hydrogen-bond donors (Lipinski definition) is 0. The molecule has 1 nitrogen and oxygen atoms in total. The Morgan fingerprint density at radius 2 is 1.75 bits per heavy atom. The fourth-order valence-corrected chi connectivity index (χ4v) is 3.75. The Balaban J connectivity index is 1.94. The Hall–Kier alpha value is -2.42. The molecule has 2 aliphatic carbocycles. The second-order valence-electron chi connectivity index (χ2n) is 6.29. The monoisotopic (exact) mass is 335 g/mol. The summed E-state index contributed by atoms with van der Waals surface area (Å²) in [6.07, 6.45) is -3.55. The van der Waals surface area contributed by atoms with Gasteiger partial charge in [-0.05, 0) is 46.5 Å². The summed E-state index contributed by atoms with van der Waals surface area (Å²) in [4.78, 5) is 0. The van der Waals surface area contributed by atoms with Crippen LogP contribution in [0.25, 0.3) is 11.1 Å². The largest absolute Gasteiger partial charge is 0.289 e. The molecule has 0 heterocycles. The molecule has 122 valence electrons. The van der Waals surface area contributed by atoms with Crippen LogP contribution in [0.4, 0.5) is 22.0 Å². The molecular weight excluding hydrogens is 325 g/mol. The van der Waals surface area contributed by atoms with E-state index in [0.29, 0.717) is 5.56 Å². The Morgan fingerprint density at radius 3 is 2.46 bits per heavy atom. The lowest BCUT2D eigenvalue weighted by Crippen LogP contribution is -2.36. The molecule has 0 spiro atoms. The lowest BCUT2D eigenvalue weighted by atomic mass is 9.94. The van der Waals surface area contributed by atoms with Gasteiger partial charge in [0.05, 0.1) is 11.6 Å². The number of nitriles is 1. The van der Waals surface area contributed by atoms with Crippen molar-refractivity contribution >= 4 is 0 Å². The average Bonchev–Trinajstić information content (AvgIpc) is 2.89. The highest BCUT2D eigenvalue weighted by Crippen LogP contribution is 2.62. The molecule has 2 aromatic rings. The number of rotatable bonds is 1. The van der Waals surface area contributed by atoms with Crippen molar-refractivity contribution in [2.75, 3.05) is 0 Å². The molecule has 0 amide bonds. The van der Waals surface area contributed by atoms with E-state index in [9.17, 15) is 22.0 Å². The van der Waals surface area contributed by atoms with E-state index >= 15 is 0 Å². The second kappa shape index (κ2) is 4.56. The van der Waals surface area contributed by atoms with E-state index in [1.165, 1.54) is 18.2 Å². The first-order valence-electron chi connectivity index (χ1n) is 7.34. The Labute approximate surface area is 134 Å². The molecule has 0 unspecified atom stereocenters. The lowest BCUT2D eigenvalue weighted by molar-refractivity contribution is -0.134. The summed E-state index contributed by atoms with van der Waals surface area (Å²) < 4.78 is 70.7. The molecule has 2 atom stereocenters. The van der Waals surface area contributed by atoms with E-state index in [0.717, 1.165) is 12.1 Å². The molecule has 4 rings (SSSR count). The van der Waals surface area contributed by atoms with Crippen LogP contribution in [0, 0.1) is 17.1 Å². The van der Waals surface area contributed by atoms with Crippen LogP contribution in [0.1, 0.15) is 34.8 Å². The van der Waals surface area contributed by atoms with E-state index < -0.39 is 36.4 Å². The van der Waals surface area contributed by atoms with Crippen molar-refractivity contribution in [2.45, 2.75) is 30.6 Å². The first kappa shape index (κ1) is 15.1. The summed E-state index contributed by atoms with van der Waals surface area (Å²) in [6.45, 7) is 0. The van der Waals surface area contributed by atoms with Crippen LogP contribution in [-0.4, -0.2) is 5.92 Å². The smallest absolute Gasteiger partial charge is 0.242 e. The van der Waals surface area contributed by atoms with Crippen LogP contribution in [0.15, 0.2) is 30.3 Å². The average molecular weight is 335 g/mol. The molecule has 0 saturated carbocycles. The molecule has 2 aromatic carbocycles. The van der Waals surface area contributed by atoms with Gasteiger partial charge in [0.1, 0.15) is 12.0 Å². The summed E-state index contributed by atoms with van der Waals surface area (Å²) in [5.74, 6) is -4.33. The summed E-state index contributed by atoms with van der Waals surface area (Å²) >= 11 is 0. The number of benzene rings is 2. The topological polar surface area (TPSA) is 23.8 Å². The molecule has 0 aliphatic heterocycles. The number of halogens is 5. The predicted octanol–water partition coefficient (Wildman–Crippen LogP) is 5.13. The van der Waals surface area contributed by atoms with Crippen molar-refractivity contribution in [2.24, 2.45) is 0 Å². The van der Waals surface area contributed by atoms with Crippen molar-refractivity contribution in [1.82, 2.24) is 0 Å². The molecular formula is C18H10F5N. The minimum atomic E-state index is -3.66. The van der Waals surface area contributed by atoms with Gasteiger partial charge in [-0.15, -0.1) is 0 Å². The maximum absolute atomic E-state index is 14.7. The summed E-state index contributed by atoms with van der Waals surface area (Å²) in [5.41, 5.74) is -2.68. The summed E-state index contributed by atoms with van der Waals surface area (Å²) in [6, 6.07) is 7.97. The van der Waals surface area contributed by atoms with Gasteiger partial charge in [0.25, 0.3) is 5.92 Å². The van der Waals surface area contributed by atoms with E-state index in [4.69, 9.17) is 5.26 Å². The zero-order chi connectivity index (χ0) is 17.3. The quantitative estimate of drug-likeness (QED) is 0.663. The van der Waals surface area contributed by atoms with Gasteiger partial charge in [0.2, 0.25) is 5.67 Å². The van der Waals surface area contributed by atoms with Gasteiger partial charge >= 0.3 is 0 Å². The van der Waals surface area contributed by atoms with Gasteiger partial charge in [0, 0.05) is 18.4 Å². The van der Waals surface area contributed by atoms with Gasteiger partial charge in [-0.3, -0.25) is 0 Å². The highest BCUT2D eigenvalue weighted by Gasteiger charge is 2.66. The van der Waals surface area contributed by atoms with Crippen molar-refractivity contribution in [3.05, 3.63) is 58.4 Å². The Kier molecular flexibility index (Phi) is 2.88. The van der Waals surface area contributed by atoms with Gasteiger partial charge in [0.15, 0.2) is 0 Å². The molecule has 24 heavy (non-hydrogen) atoms. The third-order valence-corrected chi connectivity index (χ3v) is 4.80. The third-order valence-electron chi connectivity index (χ3n) is 4.80. The Morgan fingerprint density at radius 1 is 1.04 bits per heavy atom. The fraction of sp³-hybridized carbons (Fsp3) is 0.278. The minimum absolute atomic E-state index is 0.0397. The fourth-order valence-electron chi connectivity index (χ4n) is 3.75. The molecule has 0 radical (unpaired) electrons. The van der Waals surface area contributed by atoms with E-state index in [1.54, 1.807) is 6.07 Å². The number of hydrogen-bond acceptors (Lipinski definition) is 1. The highest BCUT2D eigenvalue weighted by atomic mass is 19.3. The van der Waals surface area contributed by atoms with E-state index in [-0.39, 0.29) is 27.8 Å². The zero-order valence-electron chi connectivity index (χ0n) is 12.2. The third kappa shape index (κ3) is 1.84. The van der Waals surface area contributed by atoms with E-state index in [2.05, 4.69) is 0 Å². The highest BCUT2D eigenvalue weighted by molar-refractivity contribution is 5.70. The van der Waals surface area contributed by atoms with Crippen LogP contribution in [0.5, 0.6) is 0 Å². The van der Waals surface area contributed by atoms with Crippen LogP contribution in [0.2, 0.25) is 0 Å². The van der Waals surface area contributed by atoms with Crippen molar-refractivity contribution in [3.8, 4) is 17.2 Å². The van der Waals surface area contributed by atoms with Gasteiger partial charge in [-0.1, -0.05) is 6.07 Å². The van der Waals surface area contributed by atoms with Gasteiger partial charge in [-0.25, -0.2) is 22.0 Å². The normalized spacial score (nSPS) is 26.2. The molecule has 2 aliphatic rings. The van der Waals surface area contributed by atoms with Gasteiger partial charge < -0.3 is 0 Å². The maximum Gasteiger partial charge on any atom is 0.289 e. The SMILES string of the molecule is N#Cc1cc(F)cc(-c2cc3c4c(c2)[C@H](F)C[C@@]4(F)C(F)(F)C3)c1. The van der Waals surface area contributed by atoms with Crippen molar-refractivity contribution in [3.63, 3.8) is 0 Å². The second-order valence-corrected chi connectivity index (χ2v) is 6.29. The first-order chi connectivity index (χ1) is 11.2. The van der Waals surface area contributed by atoms with Crippen LogP contribution >= 0.6 is 0 Å². The predicted molar refractivity (Wildman–Crippen MR) is 76.5 cm³/mol. The molecule has 0 aromatic heterocycles. The van der Waals surface area contributed by atoms with Crippen LogP contribution < -0.4 is 0 Å². The van der Waals surface area contributed by atoms with Crippen LogP contribution in [0.3, 0.4) is 0 Å². The molecule has 0 saturated heterocycles. The van der Waals surface area contributed by atoms with Crippen LogP contribution in [-0.2, 0) is 12.1 Å². The molecule has 6 heteroatoms.